The molecule has 1 aliphatic rings. The summed E-state index contributed by atoms with van der Waals surface area (Å²) in [5, 5.41) is 11.3. The summed E-state index contributed by atoms with van der Waals surface area (Å²) in [6.07, 6.45) is -1.31. The van der Waals surface area contributed by atoms with Crippen LogP contribution in [0.3, 0.4) is 0 Å². The molecule has 8 heteroatoms. The van der Waals surface area contributed by atoms with Crippen molar-refractivity contribution in [1.82, 2.24) is 9.88 Å². The zero-order valence-electron chi connectivity index (χ0n) is 20.4. The first-order valence-corrected chi connectivity index (χ1v) is 11.6. The van der Waals surface area contributed by atoms with Crippen LogP contribution in [0.25, 0.3) is 0 Å². The van der Waals surface area contributed by atoms with Crippen LogP contribution in [-0.2, 0) is 11.0 Å². The molecule has 1 fully saturated rings. The van der Waals surface area contributed by atoms with Gasteiger partial charge in [-0.1, -0.05) is 32.0 Å². The number of carbonyl (C=O) groups is 1. The summed E-state index contributed by atoms with van der Waals surface area (Å²) in [6.45, 7) is 6.94. The Balaban J connectivity index is 0.00000408. The maximum atomic E-state index is 13.1. The van der Waals surface area contributed by atoms with Gasteiger partial charge >= 0.3 is 35.7 Å². The third-order valence-corrected chi connectivity index (χ3v) is 6.50. The fourth-order valence-corrected chi connectivity index (χ4v) is 4.80. The van der Waals surface area contributed by atoms with Gasteiger partial charge < -0.3 is 9.90 Å². The number of hydrogen-bond donors (Lipinski definition) is 0. The number of aliphatic carboxylic acids is 1. The molecule has 1 aromatic carbocycles. The quantitative estimate of drug-likeness (QED) is 0.541. The second-order valence-corrected chi connectivity index (χ2v) is 9.53. The van der Waals surface area contributed by atoms with Gasteiger partial charge in [-0.3, -0.25) is 9.88 Å². The van der Waals surface area contributed by atoms with E-state index in [9.17, 15) is 23.1 Å². The Kier molecular flexibility index (Phi) is 10.6. The number of hydrogen-bond acceptors (Lipinski definition) is 4. The zero-order chi connectivity index (χ0) is 24.2. The molecule has 0 unspecified atom stereocenters. The number of carbonyl (C=O) groups excluding carboxylic acids is 1. The number of rotatable bonds is 8. The summed E-state index contributed by atoms with van der Waals surface area (Å²) in [5.74, 6) is -0.663. The van der Waals surface area contributed by atoms with Gasteiger partial charge in [0.2, 0.25) is 0 Å². The molecule has 1 saturated heterocycles. The van der Waals surface area contributed by atoms with Crippen molar-refractivity contribution in [3.8, 4) is 0 Å². The minimum Gasteiger partial charge on any atom is -0.550 e. The van der Waals surface area contributed by atoms with Gasteiger partial charge in [-0.25, -0.2) is 0 Å². The third-order valence-electron chi connectivity index (χ3n) is 6.50. The van der Waals surface area contributed by atoms with Crippen molar-refractivity contribution in [3.05, 3.63) is 65.0 Å². The topological polar surface area (TPSA) is 56.3 Å². The summed E-state index contributed by atoms with van der Waals surface area (Å²) in [4.78, 5) is 18.3. The van der Waals surface area contributed by atoms with E-state index in [0.29, 0.717) is 25.3 Å². The van der Waals surface area contributed by atoms with Crippen LogP contribution >= 0.6 is 0 Å². The molecule has 3 atom stereocenters. The number of benzene rings is 1. The summed E-state index contributed by atoms with van der Waals surface area (Å²) in [6, 6.07) is 11.0. The van der Waals surface area contributed by atoms with Gasteiger partial charge in [-0.2, -0.15) is 13.2 Å². The average Bonchev–Trinajstić information content (AvgIpc) is 2.73. The van der Waals surface area contributed by atoms with Crippen molar-refractivity contribution < 1.29 is 52.6 Å². The van der Waals surface area contributed by atoms with E-state index in [0.717, 1.165) is 41.9 Å². The maximum Gasteiger partial charge on any atom is 1.00 e. The third kappa shape index (κ3) is 7.80. The summed E-state index contributed by atoms with van der Waals surface area (Å²) in [5.41, 5.74) is 1.95. The molecule has 3 rings (SSSR count). The van der Waals surface area contributed by atoms with Crippen molar-refractivity contribution in [1.29, 1.82) is 0 Å². The van der Waals surface area contributed by atoms with Crippen LogP contribution in [-0.4, -0.2) is 22.4 Å². The number of likely N-dealkylation sites (tertiary alicyclic amines) is 1. The Morgan fingerprint density at radius 2 is 1.82 bits per heavy atom. The van der Waals surface area contributed by atoms with Crippen molar-refractivity contribution >= 4 is 5.97 Å². The molecule has 180 valence electrons. The van der Waals surface area contributed by atoms with E-state index in [-0.39, 0.29) is 54.0 Å². The number of alkyl halides is 3. The van der Waals surface area contributed by atoms with Gasteiger partial charge in [0.25, 0.3) is 0 Å². The SMILES string of the molecule is Cc1cccc([C@@H](CCC(C)C)N2CC[C@@H](CC(=O)[O-])C[C@H]2c2ccc(C(F)(F)F)cc2)n1.[Na+]. The number of piperidine rings is 1. The largest absolute Gasteiger partial charge is 1.00 e. The fraction of sp³-hybridized carbons (Fsp3) is 0.538. The molecule has 2 aromatic rings. The number of aryl methyl sites for hydroxylation is 1. The Morgan fingerprint density at radius 1 is 1.15 bits per heavy atom. The van der Waals surface area contributed by atoms with Crippen LogP contribution in [0.15, 0.2) is 42.5 Å². The smallest absolute Gasteiger partial charge is 0.550 e. The molecule has 0 amide bonds. The molecule has 0 N–H and O–H groups in total. The molecule has 0 spiro atoms. The van der Waals surface area contributed by atoms with E-state index >= 15 is 0 Å². The van der Waals surface area contributed by atoms with Crippen LogP contribution in [0, 0.1) is 18.8 Å². The average molecular weight is 485 g/mol. The summed E-state index contributed by atoms with van der Waals surface area (Å²) < 4.78 is 39.3. The van der Waals surface area contributed by atoms with Crippen molar-refractivity contribution in [3.63, 3.8) is 0 Å². The monoisotopic (exact) mass is 484 g/mol. The van der Waals surface area contributed by atoms with Crippen LogP contribution in [0.4, 0.5) is 13.2 Å². The van der Waals surface area contributed by atoms with E-state index in [2.05, 4.69) is 18.7 Å². The Hall–Kier alpha value is -1.41. The first kappa shape index (κ1) is 28.8. The Morgan fingerprint density at radius 3 is 2.38 bits per heavy atom. The zero-order valence-corrected chi connectivity index (χ0v) is 22.4. The first-order chi connectivity index (χ1) is 15.5. The van der Waals surface area contributed by atoms with E-state index in [4.69, 9.17) is 4.98 Å². The molecule has 1 aliphatic heterocycles. The molecule has 0 aliphatic carbocycles. The standard InChI is InChI=1S/C26H33F3N2O2.Na/c1-17(2)7-12-23(22-6-4-5-18(3)30-22)31-14-13-19(16-25(32)33)15-24(31)20-8-10-21(11-9-20)26(27,28)29;/h4-6,8-11,17,19,23-24H,7,12-16H2,1-3H3,(H,32,33);/q;+1/p-1/t19-,23-,24+;/m1./s1. The number of nitrogens with zero attached hydrogens (tertiary/aromatic N) is 2. The van der Waals surface area contributed by atoms with Crippen LogP contribution in [0.5, 0.6) is 0 Å². The van der Waals surface area contributed by atoms with Gasteiger partial charge in [0, 0.05) is 17.7 Å². The summed E-state index contributed by atoms with van der Waals surface area (Å²) in [7, 11) is 0. The van der Waals surface area contributed by atoms with Gasteiger partial charge in [-0.05, 0) is 87.2 Å². The van der Waals surface area contributed by atoms with E-state index in [1.807, 2.05) is 25.1 Å². The second-order valence-electron chi connectivity index (χ2n) is 9.53. The predicted molar refractivity (Wildman–Crippen MR) is 119 cm³/mol. The number of carboxylic acid groups (broad SMARTS) is 1. The van der Waals surface area contributed by atoms with Crippen LogP contribution in [0.2, 0.25) is 0 Å². The Labute approximate surface area is 222 Å². The number of halogens is 3. The minimum atomic E-state index is -4.40. The molecule has 1 aromatic heterocycles. The number of aromatic nitrogens is 1. The normalized spacial score (nSPS) is 20.1. The van der Waals surface area contributed by atoms with Crippen molar-refractivity contribution in [2.24, 2.45) is 11.8 Å². The van der Waals surface area contributed by atoms with E-state index < -0.39 is 17.7 Å². The molecule has 0 radical (unpaired) electrons. The summed E-state index contributed by atoms with van der Waals surface area (Å²) >= 11 is 0. The van der Waals surface area contributed by atoms with Crippen LogP contribution < -0.4 is 34.7 Å². The van der Waals surface area contributed by atoms with Gasteiger partial charge in [0.1, 0.15) is 0 Å². The Bertz CT molecular complexity index is 934. The van der Waals surface area contributed by atoms with Crippen molar-refractivity contribution in [2.45, 2.75) is 71.1 Å². The minimum absolute atomic E-state index is 0. The molecule has 2 heterocycles. The van der Waals surface area contributed by atoms with Gasteiger partial charge in [0.05, 0.1) is 17.3 Å². The second kappa shape index (κ2) is 12.5. The maximum absolute atomic E-state index is 13.1. The number of pyridine rings is 1. The van der Waals surface area contributed by atoms with Gasteiger partial charge in [0.15, 0.2) is 0 Å². The number of carboxylic acids is 1. The first-order valence-electron chi connectivity index (χ1n) is 11.6. The molecule has 4 nitrogen and oxygen atoms in total. The van der Waals surface area contributed by atoms with Crippen molar-refractivity contribution in [2.75, 3.05) is 6.54 Å². The predicted octanol–water partition coefficient (Wildman–Crippen LogP) is 2.48. The molecule has 0 saturated carbocycles. The molecule has 0 bridgehead atoms. The van der Waals surface area contributed by atoms with Crippen LogP contribution in [0.1, 0.15) is 80.6 Å². The van der Waals surface area contributed by atoms with E-state index in [1.165, 1.54) is 12.1 Å². The fourth-order valence-electron chi connectivity index (χ4n) is 4.80. The van der Waals surface area contributed by atoms with E-state index in [1.54, 1.807) is 0 Å². The van der Waals surface area contributed by atoms with Gasteiger partial charge in [-0.15, -0.1) is 0 Å². The molecule has 34 heavy (non-hydrogen) atoms. The molecular weight excluding hydrogens is 452 g/mol. The molecular formula is C26H32F3N2NaO2.